The Hall–Kier alpha value is -1.94. The van der Waals surface area contributed by atoms with Crippen LogP contribution in [0.5, 0.6) is 0 Å². The van der Waals surface area contributed by atoms with E-state index in [1.165, 1.54) is 5.57 Å². The highest BCUT2D eigenvalue weighted by Gasteiger charge is 2.59. The molecule has 1 saturated carbocycles. The normalized spacial score (nSPS) is 44.2. The number of hydrogen-bond acceptors (Lipinski definition) is 4. The number of hydrogen-bond donors (Lipinski definition) is 1. The van der Waals surface area contributed by atoms with Crippen LogP contribution in [0.4, 0.5) is 0 Å². The van der Waals surface area contributed by atoms with Crippen LogP contribution >= 0.6 is 0 Å². The molecule has 1 N–H and O–H groups in total. The van der Waals surface area contributed by atoms with E-state index in [-0.39, 0.29) is 35.1 Å². The predicted molar refractivity (Wildman–Crippen MR) is 124 cm³/mol. The molecule has 0 aromatic rings. The monoisotopic (exact) mass is 436 g/mol. The van der Waals surface area contributed by atoms with Crippen molar-refractivity contribution in [2.45, 2.75) is 78.9 Å². The number of fused-ring (bicyclic) bond motifs is 5. The molecule has 1 aliphatic heterocycles. The molecule has 0 saturated heterocycles. The Morgan fingerprint density at radius 3 is 2.59 bits per heavy atom. The van der Waals surface area contributed by atoms with Gasteiger partial charge in [0.25, 0.3) is 0 Å². The average molecular weight is 437 g/mol. The van der Waals surface area contributed by atoms with Gasteiger partial charge in [-0.1, -0.05) is 37.1 Å². The molecule has 0 radical (unpaired) electrons. The molecule has 4 nitrogen and oxygen atoms in total. The van der Waals surface area contributed by atoms with E-state index in [4.69, 9.17) is 4.74 Å². The highest BCUT2D eigenvalue weighted by molar-refractivity contribution is 5.99. The summed E-state index contributed by atoms with van der Waals surface area (Å²) < 4.78 is 5.86. The van der Waals surface area contributed by atoms with Crippen molar-refractivity contribution >= 4 is 11.8 Å². The fraction of sp³-hybridized carbons (Fsp3) is 0.643. The molecular weight excluding hydrogens is 400 g/mol. The number of cyclic esters (lactones) is 1. The predicted octanol–water partition coefficient (Wildman–Crippen LogP) is 5.09. The van der Waals surface area contributed by atoms with Crippen LogP contribution in [0.25, 0.3) is 0 Å². The molecule has 8 atom stereocenters. The minimum atomic E-state index is -0.634. The van der Waals surface area contributed by atoms with Gasteiger partial charge in [-0.05, 0) is 87.3 Å². The molecule has 5 aliphatic rings. The minimum Gasteiger partial charge on any atom is -0.458 e. The molecule has 0 aromatic heterocycles. The molecule has 0 amide bonds. The third-order valence-electron chi connectivity index (χ3n) is 10.0. The summed E-state index contributed by atoms with van der Waals surface area (Å²) in [5.74, 6) is 1.37. The number of carbonyl (C=O) groups is 2. The van der Waals surface area contributed by atoms with E-state index in [9.17, 15) is 14.7 Å². The summed E-state index contributed by atoms with van der Waals surface area (Å²) in [7, 11) is 0. The highest BCUT2D eigenvalue weighted by atomic mass is 16.5. The molecule has 5 rings (SSSR count). The van der Waals surface area contributed by atoms with Gasteiger partial charge in [0.05, 0.1) is 11.5 Å². The Morgan fingerprint density at radius 2 is 1.88 bits per heavy atom. The SMILES string of the molecule is CC1=C(C)C(=O)OC(C(C)C2=CCC3C4CC=C5C(O)C=CC(=O)C5(C)C4CCC23C)C1. The number of esters is 1. The van der Waals surface area contributed by atoms with E-state index in [0.717, 1.165) is 48.8 Å². The Balaban J connectivity index is 1.42. The van der Waals surface area contributed by atoms with Gasteiger partial charge in [-0.3, -0.25) is 4.79 Å². The Labute approximate surface area is 191 Å². The van der Waals surface area contributed by atoms with Crippen molar-refractivity contribution in [3.05, 3.63) is 46.6 Å². The van der Waals surface area contributed by atoms with Crippen molar-refractivity contribution < 1.29 is 19.4 Å². The maximum Gasteiger partial charge on any atom is 0.333 e. The molecule has 0 spiro atoms. The third kappa shape index (κ3) is 2.84. The fourth-order valence-electron chi connectivity index (χ4n) is 7.91. The second-order valence-electron chi connectivity index (χ2n) is 11.3. The van der Waals surface area contributed by atoms with Gasteiger partial charge in [0.2, 0.25) is 0 Å². The standard InChI is InChI=1S/C28H36O4/c1-15-14-24(32-26(31)16(15)2)17(3)19-8-9-20-18-6-7-22-23(29)10-11-25(30)28(22,5)21(18)12-13-27(19,20)4/h7-8,10-11,17-18,20-21,23-24,29H,6,9,12-14H2,1-5H3. The number of aliphatic hydroxyl groups is 1. The zero-order valence-corrected chi connectivity index (χ0v) is 20.0. The first-order chi connectivity index (χ1) is 15.1. The van der Waals surface area contributed by atoms with Crippen molar-refractivity contribution in [3.63, 3.8) is 0 Å². The number of ketones is 1. The summed E-state index contributed by atoms with van der Waals surface area (Å²) in [4.78, 5) is 25.4. The van der Waals surface area contributed by atoms with Gasteiger partial charge < -0.3 is 9.84 Å². The van der Waals surface area contributed by atoms with Gasteiger partial charge in [-0.25, -0.2) is 4.79 Å². The summed E-state index contributed by atoms with van der Waals surface area (Å²) >= 11 is 0. The molecule has 8 unspecified atom stereocenters. The van der Waals surface area contributed by atoms with E-state index in [2.05, 4.69) is 32.9 Å². The molecule has 0 bridgehead atoms. The molecule has 172 valence electrons. The number of rotatable bonds is 2. The van der Waals surface area contributed by atoms with Crippen molar-refractivity contribution in [2.75, 3.05) is 0 Å². The van der Waals surface area contributed by atoms with Gasteiger partial charge in [-0.15, -0.1) is 0 Å². The lowest BCUT2D eigenvalue weighted by Gasteiger charge is -2.56. The molecule has 32 heavy (non-hydrogen) atoms. The first-order valence-corrected chi connectivity index (χ1v) is 12.3. The van der Waals surface area contributed by atoms with Gasteiger partial charge in [-0.2, -0.15) is 0 Å². The van der Waals surface area contributed by atoms with Crippen molar-refractivity contribution in [1.29, 1.82) is 0 Å². The Bertz CT molecular complexity index is 997. The number of allylic oxidation sites excluding steroid dienone is 3. The van der Waals surface area contributed by atoms with E-state index in [1.807, 2.05) is 13.8 Å². The minimum absolute atomic E-state index is 0.0744. The summed E-state index contributed by atoms with van der Waals surface area (Å²) in [6.45, 7) is 10.6. The van der Waals surface area contributed by atoms with Crippen LogP contribution in [0.1, 0.15) is 66.7 Å². The summed E-state index contributed by atoms with van der Waals surface area (Å²) in [5, 5.41) is 10.6. The Kier molecular flexibility index (Phi) is 4.98. The van der Waals surface area contributed by atoms with Crippen LogP contribution in [-0.2, 0) is 14.3 Å². The van der Waals surface area contributed by atoms with Gasteiger partial charge in [0, 0.05) is 17.9 Å². The lowest BCUT2D eigenvalue weighted by molar-refractivity contribution is -0.148. The second-order valence-corrected chi connectivity index (χ2v) is 11.3. The Morgan fingerprint density at radius 1 is 1.12 bits per heavy atom. The van der Waals surface area contributed by atoms with Crippen LogP contribution in [0, 0.1) is 34.5 Å². The van der Waals surface area contributed by atoms with Crippen molar-refractivity contribution in [2.24, 2.45) is 34.5 Å². The van der Waals surface area contributed by atoms with Crippen LogP contribution in [-0.4, -0.2) is 29.1 Å². The van der Waals surface area contributed by atoms with Crippen molar-refractivity contribution in [1.82, 2.24) is 0 Å². The van der Waals surface area contributed by atoms with Gasteiger partial charge >= 0.3 is 5.97 Å². The average Bonchev–Trinajstić information content (AvgIpc) is 3.11. The van der Waals surface area contributed by atoms with Crippen molar-refractivity contribution in [3.8, 4) is 0 Å². The zero-order valence-electron chi connectivity index (χ0n) is 20.0. The summed E-state index contributed by atoms with van der Waals surface area (Å²) in [6, 6.07) is 0. The molecule has 4 aliphatic carbocycles. The molecule has 0 aromatic carbocycles. The largest absolute Gasteiger partial charge is 0.458 e. The molecule has 1 heterocycles. The third-order valence-corrected chi connectivity index (χ3v) is 10.0. The molecule has 4 heteroatoms. The molecular formula is C28H36O4. The number of carbonyl (C=O) groups excluding carboxylic acids is 2. The van der Waals surface area contributed by atoms with Crippen LogP contribution in [0.15, 0.2) is 46.6 Å². The summed E-state index contributed by atoms with van der Waals surface area (Å²) in [5.41, 5.74) is 3.75. The number of aliphatic hydroxyl groups excluding tert-OH is 1. The zero-order chi connectivity index (χ0) is 23.0. The van der Waals surface area contributed by atoms with E-state index in [1.54, 1.807) is 12.2 Å². The van der Waals surface area contributed by atoms with Crippen LogP contribution < -0.4 is 0 Å². The first kappa shape index (κ1) is 21.9. The molecule has 1 fully saturated rings. The lowest BCUT2D eigenvalue weighted by atomic mass is 9.47. The quantitative estimate of drug-likeness (QED) is 0.484. The lowest BCUT2D eigenvalue weighted by Crippen LogP contribution is -2.53. The van der Waals surface area contributed by atoms with Gasteiger partial charge in [0.1, 0.15) is 6.10 Å². The number of ether oxygens (including phenoxy) is 1. The topological polar surface area (TPSA) is 63.6 Å². The van der Waals surface area contributed by atoms with E-state index in [0.29, 0.717) is 11.8 Å². The fourth-order valence-corrected chi connectivity index (χ4v) is 7.91. The van der Waals surface area contributed by atoms with E-state index < -0.39 is 11.5 Å². The second kappa shape index (κ2) is 7.28. The van der Waals surface area contributed by atoms with Gasteiger partial charge in [0.15, 0.2) is 5.78 Å². The smallest absolute Gasteiger partial charge is 0.333 e. The highest BCUT2D eigenvalue weighted by Crippen LogP contribution is 2.65. The van der Waals surface area contributed by atoms with Crippen LogP contribution in [0.2, 0.25) is 0 Å². The van der Waals surface area contributed by atoms with E-state index >= 15 is 0 Å². The first-order valence-electron chi connectivity index (χ1n) is 12.3. The maximum absolute atomic E-state index is 13.1. The van der Waals surface area contributed by atoms with Crippen LogP contribution in [0.3, 0.4) is 0 Å². The summed E-state index contributed by atoms with van der Waals surface area (Å²) in [6.07, 6.45) is 11.9. The maximum atomic E-state index is 13.1.